The maximum Gasteiger partial charge on any atom is 0.0964 e. The van der Waals surface area contributed by atoms with Crippen LogP contribution in [0.5, 0.6) is 0 Å². The Kier molecular flexibility index (Phi) is 3.25. The van der Waals surface area contributed by atoms with Crippen LogP contribution in [0.25, 0.3) is 0 Å². The van der Waals surface area contributed by atoms with Crippen LogP contribution in [0.2, 0.25) is 0 Å². The summed E-state index contributed by atoms with van der Waals surface area (Å²) in [5, 5.41) is 11.3. The Morgan fingerprint density at radius 2 is 2.58 bits per heavy atom. The predicted octanol–water partition coefficient (Wildman–Crippen LogP) is 0.657. The number of aryl methyl sites for hydroxylation is 1. The number of aromatic nitrogens is 3. The average Bonchev–Trinajstić information content (AvgIpc) is 2.35. The molecule has 0 unspecified atom stereocenters. The third kappa shape index (κ3) is 3.02. The standard InChI is InChI=1S/C7H11ClN4/c1-6(8)3-9-4-7-5-12(2)11-10-7/h5,9H,1,3-4H2,2H3. The lowest BCUT2D eigenvalue weighted by Gasteiger charge is -1.97. The van der Waals surface area contributed by atoms with Crippen molar-refractivity contribution in [1.29, 1.82) is 0 Å². The van der Waals surface area contributed by atoms with E-state index in [2.05, 4.69) is 22.2 Å². The molecule has 0 saturated heterocycles. The number of hydrogen-bond acceptors (Lipinski definition) is 3. The van der Waals surface area contributed by atoms with Gasteiger partial charge in [-0.25, -0.2) is 0 Å². The maximum absolute atomic E-state index is 5.55. The zero-order chi connectivity index (χ0) is 8.97. The first-order valence-corrected chi connectivity index (χ1v) is 3.95. The van der Waals surface area contributed by atoms with E-state index in [1.165, 1.54) is 0 Å². The summed E-state index contributed by atoms with van der Waals surface area (Å²) in [5.74, 6) is 0. The lowest BCUT2D eigenvalue weighted by molar-refractivity contribution is 0.705. The van der Waals surface area contributed by atoms with Gasteiger partial charge in [0.05, 0.1) is 5.69 Å². The van der Waals surface area contributed by atoms with Crippen LogP contribution in [0.3, 0.4) is 0 Å². The van der Waals surface area contributed by atoms with Crippen LogP contribution in [-0.4, -0.2) is 21.5 Å². The van der Waals surface area contributed by atoms with Crippen molar-refractivity contribution in [2.24, 2.45) is 7.05 Å². The summed E-state index contributed by atoms with van der Waals surface area (Å²) >= 11 is 5.55. The van der Waals surface area contributed by atoms with E-state index < -0.39 is 0 Å². The molecule has 12 heavy (non-hydrogen) atoms. The molecule has 1 aromatic rings. The maximum atomic E-state index is 5.55. The van der Waals surface area contributed by atoms with Crippen molar-refractivity contribution in [3.63, 3.8) is 0 Å². The summed E-state index contributed by atoms with van der Waals surface area (Å²) in [6, 6.07) is 0. The van der Waals surface area contributed by atoms with Crippen LogP contribution in [0.1, 0.15) is 5.69 Å². The zero-order valence-corrected chi connectivity index (χ0v) is 7.67. The molecule has 0 atom stereocenters. The third-order valence-electron chi connectivity index (χ3n) is 1.27. The van der Waals surface area contributed by atoms with E-state index in [1.807, 2.05) is 13.2 Å². The molecule has 1 heterocycles. The molecule has 0 aromatic carbocycles. The van der Waals surface area contributed by atoms with E-state index in [4.69, 9.17) is 11.6 Å². The van der Waals surface area contributed by atoms with Gasteiger partial charge in [-0.3, -0.25) is 4.68 Å². The molecule has 4 nitrogen and oxygen atoms in total. The first-order valence-electron chi connectivity index (χ1n) is 3.57. The molecule has 1 aromatic heterocycles. The van der Waals surface area contributed by atoms with E-state index in [0.29, 0.717) is 18.1 Å². The highest BCUT2D eigenvalue weighted by atomic mass is 35.5. The molecule has 0 amide bonds. The van der Waals surface area contributed by atoms with Crippen LogP contribution < -0.4 is 5.32 Å². The fourth-order valence-electron chi connectivity index (χ4n) is 0.802. The Morgan fingerprint density at radius 1 is 1.83 bits per heavy atom. The van der Waals surface area contributed by atoms with Gasteiger partial charge >= 0.3 is 0 Å². The van der Waals surface area contributed by atoms with Crippen molar-refractivity contribution in [3.05, 3.63) is 23.5 Å². The van der Waals surface area contributed by atoms with Crippen LogP contribution in [0.15, 0.2) is 17.8 Å². The van der Waals surface area contributed by atoms with E-state index >= 15 is 0 Å². The second-order valence-corrected chi connectivity index (χ2v) is 3.04. The first-order chi connectivity index (χ1) is 5.68. The van der Waals surface area contributed by atoms with Crippen LogP contribution in [0.4, 0.5) is 0 Å². The van der Waals surface area contributed by atoms with Gasteiger partial charge in [0.2, 0.25) is 0 Å². The Hall–Kier alpha value is -0.870. The summed E-state index contributed by atoms with van der Waals surface area (Å²) in [6.45, 7) is 4.81. The topological polar surface area (TPSA) is 42.7 Å². The van der Waals surface area contributed by atoms with E-state index in [1.54, 1.807) is 4.68 Å². The first kappa shape index (κ1) is 9.22. The van der Waals surface area contributed by atoms with Gasteiger partial charge in [0.15, 0.2) is 0 Å². The number of nitrogens with zero attached hydrogens (tertiary/aromatic N) is 3. The molecule has 66 valence electrons. The van der Waals surface area contributed by atoms with E-state index in [-0.39, 0.29) is 0 Å². The summed E-state index contributed by atoms with van der Waals surface area (Å²) in [5.41, 5.74) is 0.899. The number of rotatable bonds is 4. The van der Waals surface area contributed by atoms with Crippen molar-refractivity contribution in [2.45, 2.75) is 6.54 Å². The van der Waals surface area contributed by atoms with Gasteiger partial charge in [0, 0.05) is 31.4 Å². The average molecular weight is 187 g/mol. The Bertz CT molecular complexity index is 268. The Balaban J connectivity index is 2.29. The van der Waals surface area contributed by atoms with E-state index in [0.717, 1.165) is 5.69 Å². The smallest absolute Gasteiger partial charge is 0.0964 e. The highest BCUT2D eigenvalue weighted by molar-refractivity contribution is 6.29. The fraction of sp³-hybridized carbons (Fsp3) is 0.429. The Labute approximate surface area is 76.2 Å². The van der Waals surface area contributed by atoms with Crippen LogP contribution in [-0.2, 0) is 13.6 Å². The van der Waals surface area contributed by atoms with Gasteiger partial charge in [-0.05, 0) is 0 Å². The Morgan fingerprint density at radius 3 is 3.08 bits per heavy atom. The normalized spacial score (nSPS) is 10.2. The number of nitrogens with one attached hydrogen (secondary N) is 1. The van der Waals surface area contributed by atoms with Crippen molar-refractivity contribution in [1.82, 2.24) is 20.3 Å². The minimum absolute atomic E-state index is 0.595. The minimum atomic E-state index is 0.595. The highest BCUT2D eigenvalue weighted by Gasteiger charge is 1.96. The van der Waals surface area contributed by atoms with E-state index in [9.17, 15) is 0 Å². The van der Waals surface area contributed by atoms with Crippen molar-refractivity contribution in [3.8, 4) is 0 Å². The molecule has 0 fully saturated rings. The lowest BCUT2D eigenvalue weighted by Crippen LogP contribution is -2.14. The summed E-state index contributed by atoms with van der Waals surface area (Å²) in [6.07, 6.45) is 1.85. The summed E-state index contributed by atoms with van der Waals surface area (Å²) in [4.78, 5) is 0. The molecule has 0 saturated carbocycles. The summed E-state index contributed by atoms with van der Waals surface area (Å²) < 4.78 is 1.66. The molecule has 0 aliphatic carbocycles. The molecule has 0 spiro atoms. The van der Waals surface area contributed by atoms with Gasteiger partial charge in [-0.15, -0.1) is 5.10 Å². The number of hydrogen-bond donors (Lipinski definition) is 1. The molecule has 1 rings (SSSR count). The lowest BCUT2D eigenvalue weighted by atomic mass is 10.4. The quantitative estimate of drug-likeness (QED) is 0.751. The second-order valence-electron chi connectivity index (χ2n) is 2.50. The van der Waals surface area contributed by atoms with Crippen molar-refractivity contribution in [2.75, 3.05) is 6.54 Å². The molecular weight excluding hydrogens is 176 g/mol. The van der Waals surface area contributed by atoms with Crippen LogP contribution >= 0.6 is 11.6 Å². The molecule has 1 N–H and O–H groups in total. The monoisotopic (exact) mass is 186 g/mol. The van der Waals surface area contributed by atoms with Gasteiger partial charge in [-0.1, -0.05) is 23.4 Å². The second kappa shape index (κ2) is 4.23. The molecule has 5 heteroatoms. The SMILES string of the molecule is C=C(Cl)CNCc1cn(C)nn1. The third-order valence-corrected chi connectivity index (χ3v) is 1.41. The highest BCUT2D eigenvalue weighted by Crippen LogP contribution is 1.94. The van der Waals surface area contributed by atoms with Crippen LogP contribution in [0, 0.1) is 0 Å². The minimum Gasteiger partial charge on any atom is -0.306 e. The summed E-state index contributed by atoms with van der Waals surface area (Å²) in [7, 11) is 1.83. The molecule has 0 aliphatic rings. The van der Waals surface area contributed by atoms with Crippen molar-refractivity contribution >= 4 is 11.6 Å². The van der Waals surface area contributed by atoms with Crippen molar-refractivity contribution < 1.29 is 0 Å². The fourth-order valence-corrected chi connectivity index (χ4v) is 0.897. The predicted molar refractivity (Wildman–Crippen MR) is 47.7 cm³/mol. The van der Waals surface area contributed by atoms with Gasteiger partial charge < -0.3 is 5.32 Å². The molecular formula is C7H11ClN4. The zero-order valence-electron chi connectivity index (χ0n) is 6.92. The van der Waals surface area contributed by atoms with Gasteiger partial charge in [0.1, 0.15) is 0 Å². The van der Waals surface area contributed by atoms with Gasteiger partial charge in [-0.2, -0.15) is 0 Å². The largest absolute Gasteiger partial charge is 0.306 e. The number of halogens is 1. The molecule has 0 bridgehead atoms. The van der Waals surface area contributed by atoms with Gasteiger partial charge in [0.25, 0.3) is 0 Å². The molecule has 0 radical (unpaired) electrons. The molecule has 0 aliphatic heterocycles.